The van der Waals surface area contributed by atoms with Crippen LogP contribution in [-0.4, -0.2) is 77.5 Å². The van der Waals surface area contributed by atoms with Gasteiger partial charge in [-0.25, -0.2) is 0 Å². The van der Waals surface area contributed by atoms with E-state index in [0.29, 0.717) is 53.9 Å². The number of allylic oxidation sites excluding steroid dienone is 2. The molecule has 44 heavy (non-hydrogen) atoms. The van der Waals surface area contributed by atoms with E-state index in [2.05, 4.69) is 94.2 Å². The summed E-state index contributed by atoms with van der Waals surface area (Å²) in [5, 5.41) is 19.0. The third-order valence-corrected chi connectivity index (χ3v) is 14.8. The maximum absolute atomic E-state index is 11.0. The fraction of sp³-hybridized carbons (Fsp3) is 0.579. The van der Waals surface area contributed by atoms with E-state index in [1.54, 1.807) is 5.56 Å². The number of piperidine rings is 1. The van der Waals surface area contributed by atoms with Crippen LogP contribution in [0.25, 0.3) is 0 Å². The molecular formula is C38H44N4O2. The highest BCUT2D eigenvalue weighted by Crippen LogP contribution is 2.65. The Balaban J connectivity index is 0.980. The SMILES string of the molecule is C[C@@H]1OC[C@@H]2[C@H]3C[C@@H]4N(CC[C@@]45c4ccccc4N[C@@H]25)[C@H](/C=C/C2=CN4CC[C@]56c7ccccc7N[C@H]5[C@H](CO)[C@H]2C[C@H]46)[C@H]31. The molecule has 7 heterocycles. The van der Waals surface area contributed by atoms with Gasteiger partial charge in [0.1, 0.15) is 0 Å². The Kier molecular flexibility index (Phi) is 4.91. The Morgan fingerprint density at radius 1 is 0.909 bits per heavy atom. The molecule has 4 saturated heterocycles. The number of anilines is 2. The number of hydrogen-bond acceptors (Lipinski definition) is 6. The smallest absolute Gasteiger partial charge is 0.0596 e. The number of aliphatic hydroxyl groups excluding tert-OH is 1. The van der Waals surface area contributed by atoms with Crippen LogP contribution in [0.5, 0.6) is 0 Å². The molecule has 0 aromatic heterocycles. The van der Waals surface area contributed by atoms with Crippen molar-refractivity contribution >= 4 is 11.4 Å². The van der Waals surface area contributed by atoms with Gasteiger partial charge in [0.15, 0.2) is 0 Å². The van der Waals surface area contributed by atoms with Gasteiger partial charge in [-0.1, -0.05) is 48.6 Å². The zero-order chi connectivity index (χ0) is 28.9. The quantitative estimate of drug-likeness (QED) is 0.482. The Hall–Kier alpha value is -2.80. The van der Waals surface area contributed by atoms with Crippen molar-refractivity contribution in [3.8, 4) is 0 Å². The fourth-order valence-corrected chi connectivity index (χ4v) is 13.3. The van der Waals surface area contributed by atoms with Crippen LogP contribution in [0, 0.1) is 29.6 Å². The van der Waals surface area contributed by atoms with E-state index in [1.165, 1.54) is 41.8 Å². The van der Waals surface area contributed by atoms with Crippen molar-refractivity contribution < 1.29 is 9.84 Å². The third-order valence-electron chi connectivity index (χ3n) is 14.8. The van der Waals surface area contributed by atoms with Gasteiger partial charge in [-0.3, -0.25) is 4.90 Å². The normalized spacial score (nSPS) is 48.3. The summed E-state index contributed by atoms with van der Waals surface area (Å²) in [6.45, 7) is 5.74. The second-order valence-electron chi connectivity index (χ2n) is 15.8. The molecule has 2 saturated carbocycles. The van der Waals surface area contributed by atoms with Gasteiger partial charge in [-0.05, 0) is 73.3 Å². The first-order valence-electron chi connectivity index (χ1n) is 17.5. The average Bonchev–Trinajstić information content (AvgIpc) is 3.81. The van der Waals surface area contributed by atoms with E-state index in [4.69, 9.17) is 4.74 Å². The van der Waals surface area contributed by atoms with Crippen LogP contribution in [0.3, 0.4) is 0 Å². The highest BCUT2D eigenvalue weighted by atomic mass is 16.5. The van der Waals surface area contributed by atoms with Crippen LogP contribution in [0.4, 0.5) is 11.4 Å². The standard InChI is InChI=1S/C38H44N4O2/c1-21-34-24-17-33-38(28-7-3-5-9-30(28)40-36(38)26(24)20-44-21)13-15-42(33)31(34)11-10-22-18-41-14-12-37-27-6-2-4-8-29(27)39-35(37)25(19-43)23(22)16-32(37)41/h2-11,18,21,23-26,31-36,39-40,43H,12-17,19-20H2,1H3/b11-10+/t21-,23-,24+,25+,26+,31+,32-,33-,34-,35-,36-,37+,38+/m0/s1. The van der Waals surface area contributed by atoms with Crippen LogP contribution >= 0.6 is 0 Å². The molecule has 11 rings (SSSR count). The van der Waals surface area contributed by atoms with Gasteiger partial charge in [-0.15, -0.1) is 0 Å². The van der Waals surface area contributed by atoms with Crippen molar-refractivity contribution in [1.29, 1.82) is 0 Å². The van der Waals surface area contributed by atoms with E-state index in [1.807, 2.05) is 0 Å². The average molecular weight is 589 g/mol. The fourth-order valence-electron chi connectivity index (χ4n) is 13.3. The lowest BCUT2D eigenvalue weighted by atomic mass is 9.52. The van der Waals surface area contributed by atoms with E-state index in [-0.39, 0.29) is 29.5 Å². The predicted octanol–water partition coefficient (Wildman–Crippen LogP) is 4.73. The predicted molar refractivity (Wildman–Crippen MR) is 171 cm³/mol. The lowest BCUT2D eigenvalue weighted by Gasteiger charge is -2.62. The largest absolute Gasteiger partial charge is 0.396 e. The van der Waals surface area contributed by atoms with Gasteiger partial charge in [0, 0.05) is 96.1 Å². The van der Waals surface area contributed by atoms with E-state index < -0.39 is 0 Å². The summed E-state index contributed by atoms with van der Waals surface area (Å²) in [7, 11) is 0. The summed E-state index contributed by atoms with van der Waals surface area (Å²) in [4.78, 5) is 5.58. The van der Waals surface area contributed by atoms with Crippen molar-refractivity contribution in [3.63, 3.8) is 0 Å². The Morgan fingerprint density at radius 2 is 1.64 bits per heavy atom. The Labute approximate surface area is 260 Å². The first-order chi connectivity index (χ1) is 21.6. The summed E-state index contributed by atoms with van der Waals surface area (Å²) >= 11 is 0. The molecule has 9 aliphatic rings. The number of rotatable bonds is 3. The molecule has 7 aliphatic heterocycles. The molecule has 6 nitrogen and oxygen atoms in total. The highest BCUT2D eigenvalue weighted by molar-refractivity contribution is 5.66. The van der Waals surface area contributed by atoms with Gasteiger partial charge >= 0.3 is 0 Å². The molecule has 6 heteroatoms. The number of fused-ring (bicyclic) bond motifs is 4. The molecular weight excluding hydrogens is 544 g/mol. The zero-order valence-electron chi connectivity index (χ0n) is 25.6. The summed E-state index contributed by atoms with van der Waals surface area (Å²) in [5.74, 6) is 2.38. The number of nitrogens with zero attached hydrogens (tertiary/aromatic N) is 2. The van der Waals surface area contributed by atoms with E-state index in [9.17, 15) is 5.11 Å². The number of hydrogen-bond donors (Lipinski definition) is 3. The minimum Gasteiger partial charge on any atom is -0.396 e. The molecule has 3 N–H and O–H groups in total. The topological polar surface area (TPSA) is 60.0 Å². The van der Waals surface area contributed by atoms with E-state index >= 15 is 0 Å². The monoisotopic (exact) mass is 588 g/mol. The molecule has 0 unspecified atom stereocenters. The summed E-state index contributed by atoms with van der Waals surface area (Å²) in [5.41, 5.74) is 7.46. The van der Waals surface area contributed by atoms with Crippen LogP contribution in [0.15, 0.2) is 72.5 Å². The van der Waals surface area contributed by atoms with Crippen molar-refractivity contribution in [1.82, 2.24) is 9.80 Å². The number of nitrogens with one attached hydrogen (secondary N) is 2. The lowest BCUT2D eigenvalue weighted by molar-refractivity contribution is -0.162. The summed E-state index contributed by atoms with van der Waals surface area (Å²) < 4.78 is 6.68. The molecule has 4 bridgehead atoms. The van der Waals surface area contributed by atoms with Crippen molar-refractivity contribution in [2.24, 2.45) is 29.6 Å². The first-order valence-corrected chi connectivity index (χ1v) is 17.5. The minimum absolute atomic E-state index is 0.114. The highest BCUT2D eigenvalue weighted by Gasteiger charge is 2.69. The van der Waals surface area contributed by atoms with Crippen molar-refractivity contribution in [3.05, 3.63) is 83.6 Å². The van der Waals surface area contributed by atoms with Crippen LogP contribution in [0.2, 0.25) is 0 Å². The first kappa shape index (κ1) is 25.4. The molecule has 13 atom stereocenters. The van der Waals surface area contributed by atoms with Crippen LogP contribution < -0.4 is 10.6 Å². The Morgan fingerprint density at radius 3 is 2.43 bits per heavy atom. The minimum atomic E-state index is 0.114. The molecule has 2 spiro atoms. The molecule has 0 radical (unpaired) electrons. The zero-order valence-corrected chi connectivity index (χ0v) is 25.6. The van der Waals surface area contributed by atoms with Gasteiger partial charge in [0.25, 0.3) is 0 Å². The lowest BCUT2D eigenvalue weighted by Crippen LogP contribution is -2.69. The maximum atomic E-state index is 11.0. The van der Waals surface area contributed by atoms with Gasteiger partial charge in [0.2, 0.25) is 0 Å². The number of para-hydroxylation sites is 2. The molecule has 2 aromatic rings. The van der Waals surface area contributed by atoms with Gasteiger partial charge < -0.3 is 25.4 Å². The summed E-state index contributed by atoms with van der Waals surface area (Å²) in [6.07, 6.45) is 12.8. The van der Waals surface area contributed by atoms with Gasteiger partial charge in [-0.2, -0.15) is 0 Å². The molecule has 228 valence electrons. The number of aliphatic hydroxyl groups is 1. The number of ether oxygens (including phenoxy) is 1. The second kappa shape index (κ2) is 8.51. The Bertz CT molecular complexity index is 1620. The van der Waals surface area contributed by atoms with Crippen LogP contribution in [-0.2, 0) is 15.6 Å². The summed E-state index contributed by atoms with van der Waals surface area (Å²) in [6, 6.07) is 20.4. The van der Waals surface area contributed by atoms with Gasteiger partial charge in [0.05, 0.1) is 12.7 Å². The van der Waals surface area contributed by atoms with Crippen molar-refractivity contribution in [2.75, 3.05) is 36.9 Å². The maximum Gasteiger partial charge on any atom is 0.0596 e. The third kappa shape index (κ3) is 2.79. The molecule has 0 amide bonds. The van der Waals surface area contributed by atoms with Crippen molar-refractivity contribution in [2.45, 2.75) is 79.8 Å². The van der Waals surface area contributed by atoms with E-state index in [0.717, 1.165) is 26.1 Å². The number of benzene rings is 2. The van der Waals surface area contributed by atoms with Crippen LogP contribution in [0.1, 0.15) is 43.7 Å². The molecule has 6 fully saturated rings. The second-order valence-corrected chi connectivity index (χ2v) is 15.8. The molecule has 2 aromatic carbocycles. The molecule has 2 aliphatic carbocycles.